The van der Waals surface area contributed by atoms with Gasteiger partial charge in [0, 0.05) is 18.6 Å². The topological polar surface area (TPSA) is 15.3 Å². The molecule has 1 heterocycles. The minimum Gasteiger partial charge on any atom is -0.306 e. The molecule has 0 aliphatic carbocycles. The summed E-state index contributed by atoms with van der Waals surface area (Å²) in [4.78, 5) is 2.25. The van der Waals surface area contributed by atoms with E-state index < -0.39 is 11.7 Å². The molecule has 1 aromatic rings. The number of likely N-dealkylation sites (tertiary alicyclic amines) is 1. The molecule has 1 saturated heterocycles. The van der Waals surface area contributed by atoms with Crippen LogP contribution in [0.25, 0.3) is 0 Å². The number of nitrogens with one attached hydrogen (secondary N) is 1. The SMILES string of the molecule is CC(NC1CCN(C)C1)c1ccc(C(F)(F)F)cc1. The van der Waals surface area contributed by atoms with Crippen LogP contribution >= 0.6 is 0 Å². The molecule has 0 amide bonds. The van der Waals surface area contributed by atoms with Crippen LogP contribution in [0.1, 0.15) is 30.5 Å². The molecule has 1 fully saturated rings. The summed E-state index contributed by atoms with van der Waals surface area (Å²) >= 11 is 0. The van der Waals surface area contributed by atoms with E-state index in [9.17, 15) is 13.2 Å². The van der Waals surface area contributed by atoms with Crippen molar-refractivity contribution in [2.45, 2.75) is 31.6 Å². The highest BCUT2D eigenvalue weighted by molar-refractivity contribution is 5.26. The van der Waals surface area contributed by atoms with Gasteiger partial charge in [-0.15, -0.1) is 0 Å². The van der Waals surface area contributed by atoms with Crippen molar-refractivity contribution < 1.29 is 13.2 Å². The maximum Gasteiger partial charge on any atom is 0.416 e. The van der Waals surface area contributed by atoms with Crippen molar-refractivity contribution in [2.75, 3.05) is 20.1 Å². The Morgan fingerprint density at radius 3 is 2.37 bits per heavy atom. The van der Waals surface area contributed by atoms with E-state index in [2.05, 4.69) is 17.3 Å². The zero-order chi connectivity index (χ0) is 14.0. The van der Waals surface area contributed by atoms with Crippen LogP contribution in [0.15, 0.2) is 24.3 Å². The van der Waals surface area contributed by atoms with E-state index in [-0.39, 0.29) is 6.04 Å². The second-order valence-electron chi connectivity index (χ2n) is 5.26. The van der Waals surface area contributed by atoms with Gasteiger partial charge in [0.15, 0.2) is 0 Å². The molecular weight excluding hydrogens is 253 g/mol. The molecule has 0 bridgehead atoms. The number of alkyl halides is 3. The number of benzene rings is 1. The third kappa shape index (κ3) is 3.70. The lowest BCUT2D eigenvalue weighted by Crippen LogP contribution is -2.33. The van der Waals surface area contributed by atoms with Gasteiger partial charge in [0.1, 0.15) is 0 Å². The van der Waals surface area contributed by atoms with E-state index >= 15 is 0 Å². The zero-order valence-corrected chi connectivity index (χ0v) is 11.2. The first-order valence-corrected chi connectivity index (χ1v) is 6.48. The quantitative estimate of drug-likeness (QED) is 0.909. The van der Waals surface area contributed by atoms with Gasteiger partial charge in [-0.25, -0.2) is 0 Å². The number of likely N-dealkylation sites (N-methyl/N-ethyl adjacent to an activating group) is 1. The Morgan fingerprint density at radius 2 is 1.89 bits per heavy atom. The molecule has 5 heteroatoms. The fourth-order valence-electron chi connectivity index (χ4n) is 2.48. The average Bonchev–Trinajstić information content (AvgIpc) is 2.74. The molecule has 2 nitrogen and oxygen atoms in total. The molecule has 0 saturated carbocycles. The normalized spacial score (nSPS) is 22.7. The molecule has 19 heavy (non-hydrogen) atoms. The molecule has 2 atom stereocenters. The number of rotatable bonds is 3. The second kappa shape index (κ2) is 5.51. The van der Waals surface area contributed by atoms with Crippen molar-refractivity contribution in [3.63, 3.8) is 0 Å². The summed E-state index contributed by atoms with van der Waals surface area (Å²) in [5, 5.41) is 3.46. The first-order chi connectivity index (χ1) is 8.86. The van der Waals surface area contributed by atoms with Gasteiger partial charge in [0.2, 0.25) is 0 Å². The van der Waals surface area contributed by atoms with Gasteiger partial charge in [-0.1, -0.05) is 12.1 Å². The van der Waals surface area contributed by atoms with Crippen LogP contribution in [-0.4, -0.2) is 31.1 Å². The molecule has 2 rings (SSSR count). The van der Waals surface area contributed by atoms with E-state index in [0.717, 1.165) is 37.2 Å². The van der Waals surface area contributed by atoms with Crippen LogP contribution in [-0.2, 0) is 6.18 Å². The number of nitrogens with zero attached hydrogens (tertiary/aromatic N) is 1. The van der Waals surface area contributed by atoms with Gasteiger partial charge in [0.05, 0.1) is 5.56 Å². The molecule has 0 aromatic heterocycles. The van der Waals surface area contributed by atoms with Crippen LogP contribution in [0.5, 0.6) is 0 Å². The van der Waals surface area contributed by atoms with E-state index in [1.165, 1.54) is 0 Å². The first-order valence-electron chi connectivity index (χ1n) is 6.48. The third-order valence-electron chi connectivity index (χ3n) is 3.62. The summed E-state index contributed by atoms with van der Waals surface area (Å²) in [7, 11) is 2.07. The Bertz CT molecular complexity index is 414. The van der Waals surface area contributed by atoms with Gasteiger partial charge >= 0.3 is 6.18 Å². The summed E-state index contributed by atoms with van der Waals surface area (Å²) in [5.41, 5.74) is 0.298. The molecular formula is C14H19F3N2. The first kappa shape index (κ1) is 14.3. The lowest BCUT2D eigenvalue weighted by molar-refractivity contribution is -0.137. The number of hydrogen-bond donors (Lipinski definition) is 1. The molecule has 1 N–H and O–H groups in total. The van der Waals surface area contributed by atoms with Crippen molar-refractivity contribution >= 4 is 0 Å². The summed E-state index contributed by atoms with van der Waals surface area (Å²) in [6.45, 7) is 4.04. The van der Waals surface area contributed by atoms with Crippen LogP contribution < -0.4 is 5.32 Å². The van der Waals surface area contributed by atoms with Gasteiger partial charge in [-0.05, 0) is 44.6 Å². The van der Waals surface area contributed by atoms with E-state index in [4.69, 9.17) is 0 Å². The highest BCUT2D eigenvalue weighted by Crippen LogP contribution is 2.30. The van der Waals surface area contributed by atoms with Crippen molar-refractivity contribution in [2.24, 2.45) is 0 Å². The molecule has 0 spiro atoms. The maximum atomic E-state index is 12.5. The summed E-state index contributed by atoms with van der Waals surface area (Å²) < 4.78 is 37.4. The van der Waals surface area contributed by atoms with Crippen molar-refractivity contribution in [1.82, 2.24) is 10.2 Å². The predicted molar refractivity (Wildman–Crippen MR) is 68.9 cm³/mol. The van der Waals surface area contributed by atoms with Crippen LogP contribution in [0.3, 0.4) is 0 Å². The summed E-state index contributed by atoms with van der Waals surface area (Å²) in [6, 6.07) is 5.89. The van der Waals surface area contributed by atoms with Crippen molar-refractivity contribution in [3.05, 3.63) is 35.4 Å². The Hall–Kier alpha value is -1.07. The predicted octanol–water partition coefficient (Wildman–Crippen LogP) is 3.06. The van der Waals surface area contributed by atoms with Gasteiger partial charge < -0.3 is 10.2 Å². The molecule has 1 aliphatic rings. The minimum absolute atomic E-state index is 0.0683. The highest BCUT2D eigenvalue weighted by atomic mass is 19.4. The Labute approximate surface area is 111 Å². The fraction of sp³-hybridized carbons (Fsp3) is 0.571. The molecule has 1 aliphatic heterocycles. The third-order valence-corrected chi connectivity index (χ3v) is 3.62. The van der Waals surface area contributed by atoms with Gasteiger partial charge in [-0.2, -0.15) is 13.2 Å². The molecule has 2 unspecified atom stereocenters. The van der Waals surface area contributed by atoms with Crippen LogP contribution in [0.4, 0.5) is 13.2 Å². The molecule has 1 aromatic carbocycles. The summed E-state index contributed by atoms with van der Waals surface area (Å²) in [6.07, 6.45) is -3.18. The summed E-state index contributed by atoms with van der Waals surface area (Å²) in [5.74, 6) is 0. The highest BCUT2D eigenvalue weighted by Gasteiger charge is 2.30. The Kier molecular flexibility index (Phi) is 4.16. The second-order valence-corrected chi connectivity index (χ2v) is 5.26. The lowest BCUT2D eigenvalue weighted by Gasteiger charge is -2.20. The smallest absolute Gasteiger partial charge is 0.306 e. The number of halogens is 3. The fourth-order valence-corrected chi connectivity index (χ4v) is 2.48. The maximum absolute atomic E-state index is 12.5. The standard InChI is InChI=1S/C14H19F3N2/c1-10(18-13-7-8-19(2)9-13)11-3-5-12(6-4-11)14(15,16)17/h3-6,10,13,18H,7-9H2,1-2H3. The van der Waals surface area contributed by atoms with Crippen molar-refractivity contribution in [3.8, 4) is 0 Å². The Morgan fingerprint density at radius 1 is 1.26 bits per heavy atom. The van der Waals surface area contributed by atoms with Gasteiger partial charge in [-0.3, -0.25) is 0 Å². The zero-order valence-electron chi connectivity index (χ0n) is 11.2. The van der Waals surface area contributed by atoms with Crippen LogP contribution in [0.2, 0.25) is 0 Å². The minimum atomic E-state index is -4.26. The molecule has 0 radical (unpaired) electrons. The monoisotopic (exact) mass is 272 g/mol. The lowest BCUT2D eigenvalue weighted by atomic mass is 10.0. The van der Waals surface area contributed by atoms with E-state index in [1.807, 2.05) is 6.92 Å². The number of hydrogen-bond acceptors (Lipinski definition) is 2. The Balaban J connectivity index is 1.98. The van der Waals surface area contributed by atoms with E-state index in [0.29, 0.717) is 6.04 Å². The largest absolute Gasteiger partial charge is 0.416 e. The van der Waals surface area contributed by atoms with Crippen molar-refractivity contribution in [1.29, 1.82) is 0 Å². The molecule has 106 valence electrons. The van der Waals surface area contributed by atoms with Crippen LogP contribution in [0, 0.1) is 0 Å². The van der Waals surface area contributed by atoms with E-state index in [1.54, 1.807) is 12.1 Å². The van der Waals surface area contributed by atoms with Gasteiger partial charge in [0.25, 0.3) is 0 Å². The average molecular weight is 272 g/mol.